The summed E-state index contributed by atoms with van der Waals surface area (Å²) in [6, 6.07) is 10.3. The first kappa shape index (κ1) is 15.2. The van der Waals surface area contributed by atoms with Crippen LogP contribution in [0.1, 0.15) is 32.8 Å². The second kappa shape index (κ2) is 8.30. The maximum atomic E-state index is 12.2. The minimum atomic E-state index is 0.0660. The van der Waals surface area contributed by atoms with E-state index < -0.39 is 0 Å². The minimum Gasteiger partial charge on any atom is -0.332 e. The Bertz CT molecular complexity index is 434. The number of carbonyl (C=O) groups is 1. The molecule has 0 fully saturated rings. The van der Waals surface area contributed by atoms with Crippen molar-refractivity contribution in [3.63, 3.8) is 0 Å². The van der Waals surface area contributed by atoms with Crippen LogP contribution in [0.5, 0.6) is 0 Å². The Kier molecular flexibility index (Phi) is 6.65. The first-order valence-electron chi connectivity index (χ1n) is 6.83. The van der Waals surface area contributed by atoms with Gasteiger partial charge < -0.3 is 4.90 Å². The van der Waals surface area contributed by atoms with Crippen molar-refractivity contribution in [1.29, 1.82) is 0 Å². The molecule has 0 heterocycles. The van der Waals surface area contributed by atoms with Crippen molar-refractivity contribution in [2.75, 3.05) is 0 Å². The summed E-state index contributed by atoms with van der Waals surface area (Å²) in [6.45, 7) is 6.79. The Balaban J connectivity index is 2.80. The van der Waals surface area contributed by atoms with Gasteiger partial charge in [-0.05, 0) is 25.8 Å². The summed E-state index contributed by atoms with van der Waals surface area (Å²) in [5, 5.41) is 0. The van der Waals surface area contributed by atoms with Crippen LogP contribution in [0.2, 0.25) is 0 Å². The van der Waals surface area contributed by atoms with Crippen molar-refractivity contribution in [2.24, 2.45) is 0 Å². The molecule has 2 heteroatoms. The van der Waals surface area contributed by atoms with Crippen molar-refractivity contribution in [3.05, 3.63) is 60.2 Å². The molecule has 0 aliphatic rings. The van der Waals surface area contributed by atoms with Crippen molar-refractivity contribution in [3.8, 4) is 0 Å². The molecule has 19 heavy (non-hydrogen) atoms. The number of amides is 1. The van der Waals surface area contributed by atoms with E-state index in [2.05, 4.69) is 26.0 Å². The zero-order valence-electron chi connectivity index (χ0n) is 12.0. The highest BCUT2D eigenvalue weighted by atomic mass is 16.2. The number of hydrogen-bond donors (Lipinski definition) is 0. The first-order chi connectivity index (χ1) is 9.19. The summed E-state index contributed by atoms with van der Waals surface area (Å²) in [7, 11) is 0. The van der Waals surface area contributed by atoms with Gasteiger partial charge in [0, 0.05) is 18.7 Å². The fraction of sp³-hybridized carbons (Fsp3) is 0.353. The van der Waals surface area contributed by atoms with Crippen LogP contribution >= 0.6 is 0 Å². The van der Waals surface area contributed by atoms with Gasteiger partial charge in [0.25, 0.3) is 0 Å². The molecule has 0 saturated carbocycles. The van der Waals surface area contributed by atoms with Gasteiger partial charge in [-0.15, -0.1) is 0 Å². The van der Waals surface area contributed by atoms with Crippen molar-refractivity contribution >= 4 is 5.91 Å². The second-order valence-corrected chi connectivity index (χ2v) is 4.59. The molecular weight excluding hydrogens is 234 g/mol. The van der Waals surface area contributed by atoms with Crippen molar-refractivity contribution in [2.45, 2.75) is 39.8 Å². The number of rotatable bonds is 6. The first-order valence-corrected chi connectivity index (χ1v) is 6.83. The molecule has 0 N–H and O–H groups in total. The molecule has 2 nitrogen and oxygen atoms in total. The maximum Gasteiger partial charge on any atom is 0.247 e. The van der Waals surface area contributed by atoms with Gasteiger partial charge in [-0.3, -0.25) is 4.79 Å². The van der Waals surface area contributed by atoms with Gasteiger partial charge in [0.15, 0.2) is 0 Å². The molecule has 102 valence electrons. The third-order valence-corrected chi connectivity index (χ3v) is 3.14. The Morgan fingerprint density at radius 1 is 1.26 bits per heavy atom. The largest absolute Gasteiger partial charge is 0.332 e. The fourth-order valence-electron chi connectivity index (χ4n) is 1.80. The second-order valence-electron chi connectivity index (χ2n) is 4.59. The average Bonchev–Trinajstić information content (AvgIpc) is 2.45. The summed E-state index contributed by atoms with van der Waals surface area (Å²) >= 11 is 0. The van der Waals surface area contributed by atoms with Crippen LogP contribution in [0.15, 0.2) is 54.6 Å². The lowest BCUT2D eigenvalue weighted by molar-refractivity contribution is -0.128. The summed E-state index contributed by atoms with van der Waals surface area (Å²) in [6.07, 6.45) is 8.16. The van der Waals surface area contributed by atoms with E-state index in [-0.39, 0.29) is 11.9 Å². The molecule has 1 amide bonds. The molecular formula is C17H23NO. The van der Waals surface area contributed by atoms with E-state index in [0.29, 0.717) is 6.54 Å². The zero-order chi connectivity index (χ0) is 14.1. The summed E-state index contributed by atoms with van der Waals surface area (Å²) < 4.78 is 0. The van der Waals surface area contributed by atoms with Gasteiger partial charge >= 0.3 is 0 Å². The molecule has 1 aromatic rings. The molecule has 0 bridgehead atoms. The lowest BCUT2D eigenvalue weighted by Gasteiger charge is -2.27. The zero-order valence-corrected chi connectivity index (χ0v) is 12.0. The molecule has 0 aliphatic carbocycles. The third kappa shape index (κ3) is 5.12. The molecule has 1 rings (SSSR count). The fourth-order valence-corrected chi connectivity index (χ4v) is 1.80. The standard InChI is InChI=1S/C17H23NO/c1-4-6-8-13-17(19)18(15(3)5-2)14-16-11-9-7-10-12-16/h4,6-13,15H,5,14H2,1-3H3/b6-4+,13-8+. The summed E-state index contributed by atoms with van der Waals surface area (Å²) in [5.41, 5.74) is 1.16. The highest BCUT2D eigenvalue weighted by Crippen LogP contribution is 2.11. The van der Waals surface area contributed by atoms with E-state index in [0.717, 1.165) is 12.0 Å². The SMILES string of the molecule is C/C=C/C=C/C(=O)N(Cc1ccccc1)C(C)CC. The molecule has 1 aromatic carbocycles. The highest BCUT2D eigenvalue weighted by Gasteiger charge is 2.16. The van der Waals surface area contributed by atoms with E-state index in [9.17, 15) is 4.79 Å². The van der Waals surface area contributed by atoms with Gasteiger partial charge in [0.2, 0.25) is 5.91 Å². The van der Waals surface area contributed by atoms with E-state index in [1.165, 1.54) is 0 Å². The number of benzene rings is 1. The van der Waals surface area contributed by atoms with E-state index in [1.807, 2.05) is 42.2 Å². The number of hydrogen-bond acceptors (Lipinski definition) is 1. The predicted molar refractivity (Wildman–Crippen MR) is 80.7 cm³/mol. The number of carbonyl (C=O) groups excluding carboxylic acids is 1. The Morgan fingerprint density at radius 2 is 1.95 bits per heavy atom. The molecule has 0 aliphatic heterocycles. The van der Waals surface area contributed by atoms with Crippen LogP contribution in [0.3, 0.4) is 0 Å². The van der Waals surface area contributed by atoms with Crippen LogP contribution in [0.4, 0.5) is 0 Å². The van der Waals surface area contributed by atoms with Gasteiger partial charge in [-0.25, -0.2) is 0 Å². The number of allylic oxidation sites excluding steroid dienone is 3. The molecule has 0 aromatic heterocycles. The van der Waals surface area contributed by atoms with Crippen LogP contribution in [-0.2, 0) is 11.3 Å². The average molecular weight is 257 g/mol. The van der Waals surface area contributed by atoms with E-state index in [4.69, 9.17) is 0 Å². The van der Waals surface area contributed by atoms with Gasteiger partial charge in [0.05, 0.1) is 0 Å². The van der Waals surface area contributed by atoms with Gasteiger partial charge in [-0.1, -0.05) is 55.5 Å². The maximum absolute atomic E-state index is 12.2. The third-order valence-electron chi connectivity index (χ3n) is 3.14. The topological polar surface area (TPSA) is 20.3 Å². The Hall–Kier alpha value is -1.83. The molecule has 0 spiro atoms. The van der Waals surface area contributed by atoms with Crippen molar-refractivity contribution in [1.82, 2.24) is 4.90 Å². The Morgan fingerprint density at radius 3 is 2.53 bits per heavy atom. The summed E-state index contributed by atoms with van der Waals surface area (Å²) in [5.74, 6) is 0.0660. The van der Waals surface area contributed by atoms with E-state index >= 15 is 0 Å². The highest BCUT2D eigenvalue weighted by molar-refractivity contribution is 5.88. The lowest BCUT2D eigenvalue weighted by atomic mass is 10.1. The molecule has 0 saturated heterocycles. The molecule has 0 radical (unpaired) electrons. The lowest BCUT2D eigenvalue weighted by Crippen LogP contribution is -2.36. The van der Waals surface area contributed by atoms with Gasteiger partial charge in [-0.2, -0.15) is 0 Å². The normalized spacial score (nSPS) is 13.0. The Labute approximate surface area is 116 Å². The monoisotopic (exact) mass is 257 g/mol. The number of nitrogens with zero attached hydrogens (tertiary/aromatic N) is 1. The van der Waals surface area contributed by atoms with Crippen LogP contribution in [0.25, 0.3) is 0 Å². The minimum absolute atomic E-state index is 0.0660. The predicted octanol–water partition coefficient (Wildman–Crippen LogP) is 3.95. The van der Waals surface area contributed by atoms with Gasteiger partial charge in [0.1, 0.15) is 0 Å². The van der Waals surface area contributed by atoms with Crippen molar-refractivity contribution < 1.29 is 4.79 Å². The van der Waals surface area contributed by atoms with Crippen LogP contribution in [0, 0.1) is 0 Å². The molecule has 1 atom stereocenters. The summed E-state index contributed by atoms with van der Waals surface area (Å²) in [4.78, 5) is 14.1. The molecule has 1 unspecified atom stereocenters. The van der Waals surface area contributed by atoms with Crippen LogP contribution < -0.4 is 0 Å². The quantitative estimate of drug-likeness (QED) is 0.558. The van der Waals surface area contributed by atoms with E-state index in [1.54, 1.807) is 12.2 Å². The smallest absolute Gasteiger partial charge is 0.247 e. The van der Waals surface area contributed by atoms with Crippen LogP contribution in [-0.4, -0.2) is 16.8 Å².